The van der Waals surface area contributed by atoms with Crippen LogP contribution in [0.3, 0.4) is 0 Å². The fourth-order valence-electron chi connectivity index (χ4n) is 5.02. The maximum atomic E-state index is 13.1. The van der Waals surface area contributed by atoms with Crippen LogP contribution in [0, 0.1) is 10.1 Å². The van der Waals surface area contributed by atoms with Gasteiger partial charge in [-0.05, 0) is 53.1 Å². The summed E-state index contributed by atoms with van der Waals surface area (Å²) in [6.07, 6.45) is 2.01. The number of nitro benzene ring substituents is 1. The Hall–Kier alpha value is -4.05. The molecule has 1 aliphatic carbocycles. The molecule has 2 atom stereocenters. The molecule has 0 heterocycles. The minimum atomic E-state index is -1.16. The van der Waals surface area contributed by atoms with Crippen molar-refractivity contribution in [2.24, 2.45) is 0 Å². The van der Waals surface area contributed by atoms with E-state index in [1.54, 1.807) is 30.5 Å². The quantitative estimate of drug-likeness (QED) is 0.250. The standard InChI is InChI=1S/C27H25NO8S/c1-34-21-12-15-11-19(24(27(30)31)14-6-5-7-16(10-14)28(32)33)18-13-20(29)22(37-4)9-8-17(18)23(15)26(36-3)25(21)35-2/h5-10,12-13,19,24H,11H2,1-4H3,(H,30,31). The first kappa shape index (κ1) is 26.0. The molecule has 9 nitrogen and oxygen atoms in total. The summed E-state index contributed by atoms with van der Waals surface area (Å²) in [5.74, 6) is -1.83. The molecule has 3 aromatic rings. The van der Waals surface area contributed by atoms with Crippen LogP contribution >= 0.6 is 11.8 Å². The third-order valence-electron chi connectivity index (χ3n) is 6.59. The van der Waals surface area contributed by atoms with Gasteiger partial charge in [-0.25, -0.2) is 0 Å². The number of hydrogen-bond donors (Lipinski definition) is 1. The third-order valence-corrected chi connectivity index (χ3v) is 7.37. The van der Waals surface area contributed by atoms with E-state index in [0.717, 1.165) is 5.56 Å². The largest absolute Gasteiger partial charge is 0.493 e. The number of methoxy groups -OCH3 is 3. The number of benzene rings is 2. The Morgan fingerprint density at radius 3 is 2.41 bits per heavy atom. The molecule has 0 amide bonds. The monoisotopic (exact) mass is 523 g/mol. The molecule has 0 saturated carbocycles. The van der Waals surface area contributed by atoms with Crippen LogP contribution in [0.2, 0.25) is 0 Å². The van der Waals surface area contributed by atoms with Gasteiger partial charge in [-0.15, -0.1) is 11.8 Å². The zero-order valence-electron chi connectivity index (χ0n) is 20.6. The molecule has 0 fully saturated rings. The highest BCUT2D eigenvalue weighted by molar-refractivity contribution is 7.98. The van der Waals surface area contributed by atoms with E-state index >= 15 is 0 Å². The number of nitrogens with zero attached hydrogens (tertiary/aromatic N) is 1. The summed E-state index contributed by atoms with van der Waals surface area (Å²) in [5.41, 5.74) is 2.38. The number of carboxylic acid groups (broad SMARTS) is 1. The summed E-state index contributed by atoms with van der Waals surface area (Å²) >= 11 is 1.29. The van der Waals surface area contributed by atoms with Gasteiger partial charge in [-0.3, -0.25) is 19.7 Å². The summed E-state index contributed by atoms with van der Waals surface area (Å²) in [5, 5.41) is 21.8. The molecular weight excluding hydrogens is 498 g/mol. The van der Waals surface area contributed by atoms with Crippen molar-refractivity contribution in [2.45, 2.75) is 23.2 Å². The van der Waals surface area contributed by atoms with E-state index in [2.05, 4.69) is 0 Å². The number of carbonyl (C=O) groups is 1. The predicted molar refractivity (Wildman–Crippen MR) is 140 cm³/mol. The van der Waals surface area contributed by atoms with Crippen molar-refractivity contribution in [1.29, 1.82) is 0 Å². The van der Waals surface area contributed by atoms with Crippen LogP contribution in [-0.4, -0.2) is 43.6 Å². The van der Waals surface area contributed by atoms with E-state index in [-0.39, 0.29) is 23.1 Å². The number of non-ortho nitro benzene ring substituents is 1. The van der Waals surface area contributed by atoms with Crippen LogP contribution < -0.4 is 19.6 Å². The van der Waals surface area contributed by atoms with Gasteiger partial charge >= 0.3 is 5.97 Å². The second-order valence-corrected chi connectivity index (χ2v) is 9.29. The fourth-order valence-corrected chi connectivity index (χ4v) is 5.48. The van der Waals surface area contributed by atoms with Crippen LogP contribution in [0.15, 0.2) is 58.2 Å². The normalized spacial score (nSPS) is 14.6. The number of thioether (sulfide) groups is 1. The molecule has 0 aromatic heterocycles. The van der Waals surface area contributed by atoms with Gasteiger partial charge in [-0.1, -0.05) is 18.2 Å². The van der Waals surface area contributed by atoms with Gasteiger partial charge in [0.2, 0.25) is 5.75 Å². The van der Waals surface area contributed by atoms with E-state index in [0.29, 0.717) is 38.8 Å². The predicted octanol–water partition coefficient (Wildman–Crippen LogP) is 4.88. The van der Waals surface area contributed by atoms with E-state index < -0.39 is 22.7 Å². The molecule has 3 aromatic carbocycles. The minimum Gasteiger partial charge on any atom is -0.493 e. The lowest BCUT2D eigenvalue weighted by Crippen LogP contribution is -2.25. The van der Waals surface area contributed by atoms with Crippen LogP contribution in [0.5, 0.6) is 17.2 Å². The zero-order valence-corrected chi connectivity index (χ0v) is 21.5. The highest BCUT2D eigenvalue weighted by atomic mass is 32.2. The number of fused-ring (bicyclic) bond motifs is 3. The summed E-state index contributed by atoms with van der Waals surface area (Å²) in [6.45, 7) is 0. The number of ether oxygens (including phenoxy) is 3. The Labute approximate surface area is 217 Å². The lowest BCUT2D eigenvalue weighted by atomic mass is 9.71. The lowest BCUT2D eigenvalue weighted by molar-refractivity contribution is -0.384. The third kappa shape index (κ3) is 4.60. The fraction of sp³-hybridized carbons (Fsp3) is 0.259. The van der Waals surface area contributed by atoms with E-state index in [9.17, 15) is 24.8 Å². The topological polar surface area (TPSA) is 125 Å². The van der Waals surface area contributed by atoms with Gasteiger partial charge in [0.25, 0.3) is 5.69 Å². The van der Waals surface area contributed by atoms with Gasteiger partial charge in [0, 0.05) is 23.6 Å². The Kier molecular flexibility index (Phi) is 7.40. The molecule has 0 aliphatic heterocycles. The van der Waals surface area contributed by atoms with Crippen molar-refractivity contribution in [3.05, 3.63) is 85.6 Å². The zero-order chi connectivity index (χ0) is 26.9. The molecule has 1 N–H and O–H groups in total. The Morgan fingerprint density at radius 1 is 1.08 bits per heavy atom. The van der Waals surface area contributed by atoms with E-state index in [4.69, 9.17) is 14.2 Å². The average Bonchev–Trinajstić information content (AvgIpc) is 3.05. The number of nitro groups is 1. The first-order valence-corrected chi connectivity index (χ1v) is 12.5. The molecule has 0 saturated heterocycles. The van der Waals surface area contributed by atoms with Crippen LogP contribution in [-0.2, 0) is 11.2 Å². The molecular formula is C27H25NO8S. The van der Waals surface area contributed by atoms with Crippen molar-refractivity contribution in [1.82, 2.24) is 0 Å². The first-order valence-electron chi connectivity index (χ1n) is 11.3. The van der Waals surface area contributed by atoms with Crippen molar-refractivity contribution >= 4 is 23.4 Å². The second-order valence-electron chi connectivity index (χ2n) is 8.44. The van der Waals surface area contributed by atoms with Gasteiger partial charge < -0.3 is 19.3 Å². The van der Waals surface area contributed by atoms with Gasteiger partial charge in [0.05, 0.1) is 37.1 Å². The molecule has 0 bridgehead atoms. The summed E-state index contributed by atoms with van der Waals surface area (Å²) in [6, 6.07) is 12.4. The maximum Gasteiger partial charge on any atom is 0.311 e. The van der Waals surface area contributed by atoms with Crippen molar-refractivity contribution in [3.63, 3.8) is 0 Å². The smallest absolute Gasteiger partial charge is 0.311 e. The second kappa shape index (κ2) is 10.5. The minimum absolute atomic E-state index is 0.207. The van der Waals surface area contributed by atoms with Crippen LogP contribution in [0.25, 0.3) is 11.1 Å². The number of hydrogen-bond acceptors (Lipinski definition) is 8. The molecule has 0 radical (unpaired) electrons. The molecule has 2 unspecified atom stereocenters. The lowest BCUT2D eigenvalue weighted by Gasteiger charge is -2.32. The maximum absolute atomic E-state index is 13.1. The molecule has 37 heavy (non-hydrogen) atoms. The first-order chi connectivity index (χ1) is 17.7. The molecule has 0 spiro atoms. The number of carboxylic acids is 1. The molecule has 4 rings (SSSR count). The Bertz CT molecular complexity index is 1460. The van der Waals surface area contributed by atoms with Gasteiger partial charge in [0.1, 0.15) is 0 Å². The highest BCUT2D eigenvalue weighted by Crippen LogP contribution is 2.54. The number of aliphatic carboxylic acids is 1. The Balaban J connectivity index is 2.07. The SMILES string of the molecule is COc1cc2c(c(OC)c1OC)-c1ccc(SC)c(=O)cc1C(C(C(=O)O)c1cccc([N+](=O)[O-])c1)C2. The summed E-state index contributed by atoms with van der Waals surface area (Å²) < 4.78 is 16.8. The number of rotatable bonds is 8. The van der Waals surface area contributed by atoms with Crippen molar-refractivity contribution in [3.8, 4) is 28.4 Å². The average molecular weight is 524 g/mol. The van der Waals surface area contributed by atoms with Crippen molar-refractivity contribution in [2.75, 3.05) is 27.6 Å². The van der Waals surface area contributed by atoms with Gasteiger partial charge in [-0.2, -0.15) is 0 Å². The van der Waals surface area contributed by atoms with Crippen LogP contribution in [0.4, 0.5) is 5.69 Å². The molecule has 10 heteroatoms. The summed E-state index contributed by atoms with van der Waals surface area (Å²) in [7, 11) is 4.49. The molecule has 192 valence electrons. The van der Waals surface area contributed by atoms with Crippen LogP contribution in [0.1, 0.15) is 28.5 Å². The summed E-state index contributed by atoms with van der Waals surface area (Å²) in [4.78, 5) is 37.2. The van der Waals surface area contributed by atoms with E-state index in [1.165, 1.54) is 57.4 Å². The highest BCUT2D eigenvalue weighted by Gasteiger charge is 2.39. The Morgan fingerprint density at radius 2 is 1.81 bits per heavy atom. The van der Waals surface area contributed by atoms with Crippen molar-refractivity contribution < 1.29 is 29.0 Å². The molecule has 1 aliphatic rings. The van der Waals surface area contributed by atoms with Gasteiger partial charge in [0.15, 0.2) is 16.9 Å². The van der Waals surface area contributed by atoms with E-state index in [1.807, 2.05) is 0 Å².